The lowest BCUT2D eigenvalue weighted by Gasteiger charge is -2.44. The summed E-state index contributed by atoms with van der Waals surface area (Å²) in [7, 11) is 0. The van der Waals surface area contributed by atoms with E-state index in [1.54, 1.807) is 0 Å². The Hall–Kier alpha value is -1.62. The van der Waals surface area contributed by atoms with E-state index in [-0.39, 0.29) is 17.4 Å². The molecule has 1 atom stereocenters. The molecule has 2 bridgehead atoms. The van der Waals surface area contributed by atoms with E-state index in [0.29, 0.717) is 5.92 Å². The molecule has 3 fully saturated rings. The van der Waals surface area contributed by atoms with Crippen molar-refractivity contribution in [3.05, 3.63) is 29.6 Å². The number of fused-ring (bicyclic) bond motifs is 3. The van der Waals surface area contributed by atoms with Crippen molar-refractivity contribution in [2.45, 2.75) is 18.9 Å². The van der Waals surface area contributed by atoms with Gasteiger partial charge in [-0.3, -0.25) is 4.79 Å². The van der Waals surface area contributed by atoms with Crippen molar-refractivity contribution in [3.63, 3.8) is 0 Å². The van der Waals surface area contributed by atoms with Crippen LogP contribution < -0.4 is 5.32 Å². The second kappa shape index (κ2) is 4.81. The number of halogens is 1. The Morgan fingerprint density at radius 3 is 2.74 bits per heavy atom. The molecule has 1 aromatic rings. The van der Waals surface area contributed by atoms with Gasteiger partial charge < -0.3 is 15.3 Å². The molecule has 3 aliphatic heterocycles. The molecule has 1 unspecified atom stereocenters. The molecule has 2 N–H and O–H groups in total. The average molecular weight is 264 g/mol. The summed E-state index contributed by atoms with van der Waals surface area (Å²) < 4.78 is 13.1. The fraction of sp³-hybridized carbons (Fsp3) is 0.500. The summed E-state index contributed by atoms with van der Waals surface area (Å²) in [4.78, 5) is 14.4. The van der Waals surface area contributed by atoms with Crippen molar-refractivity contribution in [1.29, 1.82) is 0 Å². The van der Waals surface area contributed by atoms with Crippen LogP contribution in [0.15, 0.2) is 18.2 Å². The zero-order valence-corrected chi connectivity index (χ0v) is 10.6. The lowest BCUT2D eigenvalue weighted by Crippen LogP contribution is -2.57. The number of rotatable bonds is 2. The van der Waals surface area contributed by atoms with E-state index in [1.165, 1.54) is 6.07 Å². The molecule has 19 heavy (non-hydrogen) atoms. The Balaban J connectivity index is 1.73. The summed E-state index contributed by atoms with van der Waals surface area (Å²) in [6, 6.07) is 3.53. The van der Waals surface area contributed by atoms with Crippen LogP contribution >= 0.6 is 0 Å². The second-order valence-corrected chi connectivity index (χ2v) is 5.38. The Morgan fingerprint density at radius 1 is 1.37 bits per heavy atom. The molecule has 4 nitrogen and oxygen atoms in total. The van der Waals surface area contributed by atoms with Crippen LogP contribution in [0.5, 0.6) is 5.75 Å². The first-order chi connectivity index (χ1) is 9.13. The molecule has 0 saturated carbocycles. The van der Waals surface area contributed by atoms with Gasteiger partial charge in [0.05, 0.1) is 5.56 Å². The number of carbonyl (C=O) groups excluding carboxylic acids is 1. The highest BCUT2D eigenvalue weighted by atomic mass is 19.1. The van der Waals surface area contributed by atoms with Crippen LogP contribution in [-0.2, 0) is 0 Å². The van der Waals surface area contributed by atoms with Gasteiger partial charge in [-0.1, -0.05) is 0 Å². The Kier molecular flexibility index (Phi) is 3.14. The average Bonchev–Trinajstić information content (AvgIpc) is 2.43. The molecule has 3 aliphatic rings. The first-order valence-corrected chi connectivity index (χ1v) is 6.65. The van der Waals surface area contributed by atoms with Crippen LogP contribution in [0.4, 0.5) is 4.39 Å². The fourth-order valence-electron chi connectivity index (χ4n) is 3.06. The largest absolute Gasteiger partial charge is 0.507 e. The van der Waals surface area contributed by atoms with Crippen molar-refractivity contribution >= 4 is 5.91 Å². The number of benzene rings is 1. The molecule has 0 aliphatic carbocycles. The molecular formula is C14H17FN2O2. The van der Waals surface area contributed by atoms with E-state index >= 15 is 0 Å². The van der Waals surface area contributed by atoms with Crippen molar-refractivity contribution in [1.82, 2.24) is 10.2 Å². The topological polar surface area (TPSA) is 52.6 Å². The molecule has 1 amide bonds. The zero-order chi connectivity index (χ0) is 13.4. The molecule has 5 heteroatoms. The Labute approximate surface area is 111 Å². The number of hydrogen-bond acceptors (Lipinski definition) is 3. The number of nitrogens with one attached hydrogen (secondary N) is 1. The van der Waals surface area contributed by atoms with E-state index < -0.39 is 11.7 Å². The van der Waals surface area contributed by atoms with Gasteiger partial charge in [-0.2, -0.15) is 0 Å². The van der Waals surface area contributed by atoms with Crippen LogP contribution in [0.2, 0.25) is 0 Å². The van der Waals surface area contributed by atoms with Crippen LogP contribution in [0.1, 0.15) is 23.2 Å². The molecule has 0 aromatic heterocycles. The highest BCUT2D eigenvalue weighted by molar-refractivity contribution is 5.97. The van der Waals surface area contributed by atoms with Crippen LogP contribution in [0, 0.1) is 11.7 Å². The third-order valence-corrected chi connectivity index (χ3v) is 4.18. The number of carbonyl (C=O) groups is 1. The summed E-state index contributed by atoms with van der Waals surface area (Å²) in [5.74, 6) is -0.586. The fourth-order valence-corrected chi connectivity index (χ4v) is 3.06. The summed E-state index contributed by atoms with van der Waals surface area (Å²) in [6.45, 7) is 3.05. The molecular weight excluding hydrogens is 247 g/mol. The molecule has 102 valence electrons. The Morgan fingerprint density at radius 2 is 2.11 bits per heavy atom. The standard InChI is InChI=1S/C14H17FN2O2/c15-10-1-2-13(18)11(7-10)14(19)16-12-8-17-5-3-9(12)4-6-17/h1-2,7,9,12,18H,3-6,8H2,(H,16,19). The highest BCUT2D eigenvalue weighted by Gasteiger charge is 2.35. The Bertz CT molecular complexity index is 498. The number of piperidine rings is 3. The maximum atomic E-state index is 13.1. The monoisotopic (exact) mass is 264 g/mol. The maximum absolute atomic E-state index is 13.1. The number of amides is 1. The van der Waals surface area contributed by atoms with Gasteiger partial charge in [0, 0.05) is 12.6 Å². The van der Waals surface area contributed by atoms with E-state index in [4.69, 9.17) is 0 Å². The zero-order valence-electron chi connectivity index (χ0n) is 10.6. The number of aromatic hydroxyl groups is 1. The lowest BCUT2D eigenvalue weighted by molar-refractivity contribution is 0.0619. The number of phenols is 1. The van der Waals surface area contributed by atoms with Crippen molar-refractivity contribution < 1.29 is 14.3 Å². The SMILES string of the molecule is O=C(NC1CN2CCC1CC2)c1cc(F)ccc1O. The third-order valence-electron chi connectivity index (χ3n) is 4.18. The number of nitrogens with zero attached hydrogens (tertiary/aromatic N) is 1. The predicted molar refractivity (Wildman–Crippen MR) is 68.5 cm³/mol. The quantitative estimate of drug-likeness (QED) is 0.848. The predicted octanol–water partition coefficient (Wildman–Crippen LogP) is 1.36. The molecule has 4 rings (SSSR count). The number of phenolic OH excluding ortho intramolecular Hbond substituents is 1. The minimum atomic E-state index is -0.517. The third kappa shape index (κ3) is 2.42. The first-order valence-electron chi connectivity index (χ1n) is 6.65. The number of hydrogen-bond donors (Lipinski definition) is 2. The van der Waals surface area contributed by atoms with Gasteiger partial charge >= 0.3 is 0 Å². The molecule has 0 spiro atoms. The van der Waals surface area contributed by atoms with E-state index in [1.807, 2.05) is 0 Å². The smallest absolute Gasteiger partial charge is 0.255 e. The van der Waals surface area contributed by atoms with Gasteiger partial charge in [0.1, 0.15) is 11.6 Å². The van der Waals surface area contributed by atoms with E-state index in [2.05, 4.69) is 10.2 Å². The van der Waals surface area contributed by atoms with Gasteiger partial charge in [-0.05, 0) is 50.0 Å². The van der Waals surface area contributed by atoms with E-state index in [0.717, 1.165) is 44.6 Å². The van der Waals surface area contributed by atoms with Gasteiger partial charge in [0.15, 0.2) is 0 Å². The van der Waals surface area contributed by atoms with Crippen LogP contribution in [0.25, 0.3) is 0 Å². The second-order valence-electron chi connectivity index (χ2n) is 5.38. The minimum absolute atomic E-state index is 0.0106. The summed E-state index contributed by atoms with van der Waals surface area (Å²) in [6.07, 6.45) is 2.19. The lowest BCUT2D eigenvalue weighted by atomic mass is 9.84. The summed E-state index contributed by atoms with van der Waals surface area (Å²) >= 11 is 0. The van der Waals surface area contributed by atoms with Crippen molar-refractivity contribution in [2.75, 3.05) is 19.6 Å². The molecule has 3 heterocycles. The highest BCUT2D eigenvalue weighted by Crippen LogP contribution is 2.28. The van der Waals surface area contributed by atoms with E-state index in [9.17, 15) is 14.3 Å². The first kappa shape index (κ1) is 12.4. The van der Waals surface area contributed by atoms with Gasteiger partial charge in [-0.15, -0.1) is 0 Å². The van der Waals surface area contributed by atoms with Gasteiger partial charge in [0.2, 0.25) is 0 Å². The molecule has 1 aromatic carbocycles. The van der Waals surface area contributed by atoms with Gasteiger partial charge in [-0.25, -0.2) is 4.39 Å². The molecule has 3 saturated heterocycles. The normalized spacial score (nSPS) is 29.2. The van der Waals surface area contributed by atoms with Crippen LogP contribution in [-0.4, -0.2) is 41.6 Å². The molecule has 0 radical (unpaired) electrons. The minimum Gasteiger partial charge on any atom is -0.507 e. The summed E-state index contributed by atoms with van der Waals surface area (Å²) in [5, 5.41) is 12.6. The summed E-state index contributed by atoms with van der Waals surface area (Å²) in [5.41, 5.74) is 0.0106. The van der Waals surface area contributed by atoms with Crippen molar-refractivity contribution in [3.8, 4) is 5.75 Å². The maximum Gasteiger partial charge on any atom is 0.255 e. The van der Waals surface area contributed by atoms with Gasteiger partial charge in [0.25, 0.3) is 5.91 Å². The van der Waals surface area contributed by atoms with Crippen molar-refractivity contribution in [2.24, 2.45) is 5.92 Å². The van der Waals surface area contributed by atoms with Crippen LogP contribution in [0.3, 0.4) is 0 Å².